The number of anilines is 2. The second-order valence-corrected chi connectivity index (χ2v) is 6.78. The number of morpholine rings is 1. The molecule has 0 spiro atoms. The number of aromatic nitrogens is 2. The molecule has 2 heterocycles. The van der Waals surface area contributed by atoms with Crippen molar-refractivity contribution in [1.29, 1.82) is 0 Å². The maximum Gasteiger partial charge on any atom is 0.306 e. The number of esters is 1. The lowest BCUT2D eigenvalue weighted by atomic mass is 10.2. The lowest BCUT2D eigenvalue weighted by Gasteiger charge is -2.27. The number of ether oxygens (including phenoxy) is 2. The second kappa shape index (κ2) is 9.31. The topological polar surface area (TPSA) is 88.9 Å². The van der Waals surface area contributed by atoms with Gasteiger partial charge in [0.25, 0.3) is 0 Å². The van der Waals surface area contributed by atoms with Crippen molar-refractivity contribution in [3.05, 3.63) is 12.1 Å². The molecule has 0 bridgehead atoms. The number of unbranched alkanes of at least 4 members (excludes halogenated alkanes) is 1. The highest BCUT2D eigenvalue weighted by molar-refractivity contribution is 5.70. The largest absolute Gasteiger partial charge is 0.460 e. The third-order valence-electron chi connectivity index (χ3n) is 3.39. The fourth-order valence-corrected chi connectivity index (χ4v) is 2.25. The maximum atomic E-state index is 11.6. The van der Waals surface area contributed by atoms with Gasteiger partial charge in [-0.15, -0.1) is 10.2 Å². The average Bonchev–Trinajstić information content (AvgIpc) is 2.58. The standard InChI is InChI=1S/C17H27N5O3/c1-17(2,3)25-16(23)6-4-5-9-18-19-14-7-8-15(21-20-14)22-10-12-24-13-11-22/h7-9H,4-6,10-13H2,1-3H3,(H,19,20). The Morgan fingerprint density at radius 3 is 2.76 bits per heavy atom. The van der Waals surface area contributed by atoms with Gasteiger partial charge in [0.1, 0.15) is 5.60 Å². The lowest BCUT2D eigenvalue weighted by Crippen LogP contribution is -2.36. The smallest absolute Gasteiger partial charge is 0.306 e. The van der Waals surface area contributed by atoms with Crippen LogP contribution >= 0.6 is 0 Å². The highest BCUT2D eigenvalue weighted by Gasteiger charge is 2.15. The highest BCUT2D eigenvalue weighted by Crippen LogP contribution is 2.13. The van der Waals surface area contributed by atoms with Gasteiger partial charge in [0.05, 0.1) is 13.2 Å². The monoisotopic (exact) mass is 349 g/mol. The molecule has 1 aromatic rings. The fourth-order valence-electron chi connectivity index (χ4n) is 2.25. The molecule has 1 saturated heterocycles. The summed E-state index contributed by atoms with van der Waals surface area (Å²) in [6.07, 6.45) is 3.49. The van der Waals surface area contributed by atoms with E-state index in [0.717, 1.165) is 32.1 Å². The summed E-state index contributed by atoms with van der Waals surface area (Å²) in [5.41, 5.74) is 2.41. The van der Waals surface area contributed by atoms with Crippen LogP contribution in [-0.4, -0.2) is 54.3 Å². The van der Waals surface area contributed by atoms with Gasteiger partial charge in [0.15, 0.2) is 11.6 Å². The van der Waals surface area contributed by atoms with Gasteiger partial charge in [-0.1, -0.05) is 0 Å². The average molecular weight is 349 g/mol. The molecule has 1 N–H and O–H groups in total. The van der Waals surface area contributed by atoms with Gasteiger partial charge in [0, 0.05) is 25.7 Å². The molecular weight excluding hydrogens is 322 g/mol. The summed E-state index contributed by atoms with van der Waals surface area (Å²) in [5.74, 6) is 1.24. The summed E-state index contributed by atoms with van der Waals surface area (Å²) in [6, 6.07) is 3.76. The van der Waals surface area contributed by atoms with Crippen molar-refractivity contribution >= 4 is 23.8 Å². The number of carbonyl (C=O) groups is 1. The number of nitrogens with one attached hydrogen (secondary N) is 1. The molecule has 8 nitrogen and oxygen atoms in total. The van der Waals surface area contributed by atoms with E-state index in [0.29, 0.717) is 25.1 Å². The van der Waals surface area contributed by atoms with Crippen molar-refractivity contribution in [2.24, 2.45) is 5.10 Å². The molecule has 0 aromatic carbocycles. The van der Waals surface area contributed by atoms with Crippen LogP contribution in [-0.2, 0) is 14.3 Å². The van der Waals surface area contributed by atoms with Crippen LogP contribution in [0.2, 0.25) is 0 Å². The van der Waals surface area contributed by atoms with E-state index in [4.69, 9.17) is 9.47 Å². The van der Waals surface area contributed by atoms with Crippen LogP contribution in [0.15, 0.2) is 17.2 Å². The molecule has 1 aromatic heterocycles. The molecule has 0 aliphatic carbocycles. The molecule has 1 aliphatic heterocycles. The van der Waals surface area contributed by atoms with Gasteiger partial charge in [-0.25, -0.2) is 0 Å². The maximum absolute atomic E-state index is 11.6. The number of nitrogens with zero attached hydrogens (tertiary/aromatic N) is 4. The van der Waals surface area contributed by atoms with Crippen LogP contribution in [0.3, 0.4) is 0 Å². The molecule has 1 aliphatic rings. The molecule has 0 saturated carbocycles. The van der Waals surface area contributed by atoms with Crippen molar-refractivity contribution in [1.82, 2.24) is 10.2 Å². The van der Waals surface area contributed by atoms with Crippen LogP contribution in [0.1, 0.15) is 40.0 Å². The third kappa shape index (κ3) is 7.47. The third-order valence-corrected chi connectivity index (χ3v) is 3.39. The van der Waals surface area contributed by atoms with E-state index in [9.17, 15) is 4.79 Å². The van der Waals surface area contributed by atoms with E-state index >= 15 is 0 Å². The molecular formula is C17H27N5O3. The van der Waals surface area contributed by atoms with E-state index in [1.165, 1.54) is 0 Å². The Morgan fingerprint density at radius 2 is 2.12 bits per heavy atom. The Morgan fingerprint density at radius 1 is 1.36 bits per heavy atom. The number of carbonyl (C=O) groups excluding carboxylic acids is 1. The number of rotatable bonds is 7. The zero-order valence-corrected chi connectivity index (χ0v) is 15.2. The van der Waals surface area contributed by atoms with Gasteiger partial charge >= 0.3 is 5.97 Å². The number of hydrogen-bond donors (Lipinski definition) is 1. The first-order valence-electron chi connectivity index (χ1n) is 8.60. The van der Waals surface area contributed by atoms with Crippen LogP contribution in [0.25, 0.3) is 0 Å². The molecule has 2 rings (SSSR count). The van der Waals surface area contributed by atoms with Crippen molar-refractivity contribution in [3.63, 3.8) is 0 Å². The van der Waals surface area contributed by atoms with Crippen molar-refractivity contribution in [3.8, 4) is 0 Å². The van der Waals surface area contributed by atoms with Gasteiger partial charge in [-0.2, -0.15) is 5.10 Å². The normalized spacial score (nSPS) is 15.4. The first-order valence-corrected chi connectivity index (χ1v) is 8.60. The second-order valence-electron chi connectivity index (χ2n) is 6.78. The Balaban J connectivity index is 1.65. The Bertz CT molecular complexity index is 563. The van der Waals surface area contributed by atoms with Gasteiger partial charge in [0.2, 0.25) is 0 Å². The van der Waals surface area contributed by atoms with E-state index in [1.54, 1.807) is 6.21 Å². The molecule has 8 heteroatoms. The SMILES string of the molecule is CC(C)(C)OC(=O)CCCC=NNc1ccc(N2CCOCC2)nn1. The highest BCUT2D eigenvalue weighted by atomic mass is 16.6. The van der Waals surface area contributed by atoms with Crippen LogP contribution in [0.4, 0.5) is 11.6 Å². The Labute approximate surface area is 148 Å². The minimum atomic E-state index is -0.432. The van der Waals surface area contributed by atoms with Crippen molar-refractivity contribution in [2.45, 2.75) is 45.6 Å². The van der Waals surface area contributed by atoms with Crippen LogP contribution in [0, 0.1) is 0 Å². The zero-order chi connectivity index (χ0) is 18.1. The van der Waals surface area contributed by atoms with Gasteiger partial charge in [-0.05, 0) is 45.7 Å². The number of hydrogen-bond acceptors (Lipinski definition) is 8. The van der Waals surface area contributed by atoms with E-state index in [-0.39, 0.29) is 5.97 Å². The molecule has 138 valence electrons. The quantitative estimate of drug-likeness (QED) is 0.349. The predicted octanol–water partition coefficient (Wildman–Crippen LogP) is 2.22. The zero-order valence-electron chi connectivity index (χ0n) is 15.2. The first-order chi connectivity index (χ1) is 11.9. The molecule has 0 atom stereocenters. The molecule has 0 unspecified atom stereocenters. The number of hydrazone groups is 1. The lowest BCUT2D eigenvalue weighted by molar-refractivity contribution is -0.154. The fraction of sp³-hybridized carbons (Fsp3) is 0.647. The van der Waals surface area contributed by atoms with Gasteiger partial charge in [-0.3, -0.25) is 10.2 Å². The van der Waals surface area contributed by atoms with Crippen molar-refractivity contribution in [2.75, 3.05) is 36.6 Å². The van der Waals surface area contributed by atoms with Crippen LogP contribution < -0.4 is 10.3 Å². The first kappa shape index (κ1) is 19.1. The summed E-state index contributed by atoms with van der Waals surface area (Å²) in [4.78, 5) is 13.7. The molecule has 0 radical (unpaired) electrons. The summed E-state index contributed by atoms with van der Waals surface area (Å²) in [5, 5.41) is 12.4. The van der Waals surface area contributed by atoms with Gasteiger partial charge < -0.3 is 14.4 Å². The van der Waals surface area contributed by atoms with Crippen molar-refractivity contribution < 1.29 is 14.3 Å². The minimum absolute atomic E-state index is 0.182. The minimum Gasteiger partial charge on any atom is -0.460 e. The summed E-state index contributed by atoms with van der Waals surface area (Å²) in [6.45, 7) is 8.68. The summed E-state index contributed by atoms with van der Waals surface area (Å²) >= 11 is 0. The van der Waals surface area contributed by atoms with E-state index in [2.05, 4.69) is 25.6 Å². The van der Waals surface area contributed by atoms with Crippen LogP contribution in [0.5, 0.6) is 0 Å². The summed E-state index contributed by atoms with van der Waals surface area (Å²) in [7, 11) is 0. The molecule has 25 heavy (non-hydrogen) atoms. The van der Waals surface area contributed by atoms with E-state index < -0.39 is 5.60 Å². The van der Waals surface area contributed by atoms with E-state index in [1.807, 2.05) is 32.9 Å². The predicted molar refractivity (Wildman–Crippen MR) is 96.9 cm³/mol. The Kier molecular flexibility index (Phi) is 7.12. The summed E-state index contributed by atoms with van der Waals surface area (Å²) < 4.78 is 10.6. The molecule has 1 fully saturated rings. The molecule has 0 amide bonds. The Hall–Kier alpha value is -2.22.